The fourth-order valence-corrected chi connectivity index (χ4v) is 5.88. The molecule has 31 heavy (non-hydrogen) atoms. The van der Waals surface area contributed by atoms with Crippen molar-refractivity contribution in [1.82, 2.24) is 9.21 Å². The summed E-state index contributed by atoms with van der Waals surface area (Å²) in [4.78, 5) is 14.2. The molecule has 0 unspecified atom stereocenters. The van der Waals surface area contributed by atoms with E-state index in [1.54, 1.807) is 30.3 Å². The monoisotopic (exact) mass is 482 g/mol. The summed E-state index contributed by atoms with van der Waals surface area (Å²) in [5, 5.41) is 0.102. The second-order valence-electron chi connectivity index (χ2n) is 6.92. The number of sulfonamides is 1. The predicted molar refractivity (Wildman–Crippen MR) is 115 cm³/mol. The summed E-state index contributed by atoms with van der Waals surface area (Å²) in [6.07, 6.45) is 0. The first-order valence-electron chi connectivity index (χ1n) is 9.36. The van der Waals surface area contributed by atoms with E-state index in [0.29, 0.717) is 11.3 Å². The number of amides is 1. The van der Waals surface area contributed by atoms with Crippen LogP contribution in [0.2, 0.25) is 10.0 Å². The number of furan rings is 1. The Hall–Kier alpha value is -2.39. The van der Waals surface area contributed by atoms with Crippen molar-refractivity contribution >= 4 is 39.1 Å². The maximum absolute atomic E-state index is 13.1. The van der Waals surface area contributed by atoms with Crippen molar-refractivity contribution < 1.29 is 22.0 Å². The number of hydrogen-bond donors (Lipinski definition) is 0. The van der Waals surface area contributed by atoms with Gasteiger partial charge in [-0.15, -0.1) is 0 Å². The summed E-state index contributed by atoms with van der Waals surface area (Å²) in [6.45, 7) is 0.571. The zero-order valence-electron chi connectivity index (χ0n) is 16.1. The first-order chi connectivity index (χ1) is 14.8. The highest BCUT2D eigenvalue weighted by molar-refractivity contribution is 7.89. The number of carbonyl (C=O) groups excluding carboxylic acids is 1. The number of carbonyl (C=O) groups is 1. The van der Waals surface area contributed by atoms with Gasteiger partial charge >= 0.3 is 0 Å². The Labute approximate surface area is 188 Å². The van der Waals surface area contributed by atoms with Crippen molar-refractivity contribution in [2.75, 3.05) is 26.2 Å². The lowest BCUT2D eigenvalue weighted by Gasteiger charge is -2.33. The van der Waals surface area contributed by atoms with E-state index in [1.807, 2.05) is 0 Å². The number of halogens is 3. The third kappa shape index (κ3) is 4.34. The highest BCUT2D eigenvalue weighted by Crippen LogP contribution is 2.32. The third-order valence-electron chi connectivity index (χ3n) is 4.99. The van der Waals surface area contributed by atoms with E-state index in [0.717, 1.165) is 0 Å². The Morgan fingerprint density at radius 3 is 2.13 bits per heavy atom. The molecule has 1 aliphatic heterocycles. The van der Waals surface area contributed by atoms with E-state index in [9.17, 15) is 17.6 Å². The van der Waals surface area contributed by atoms with Gasteiger partial charge in [0.05, 0.1) is 10.0 Å². The lowest BCUT2D eigenvalue weighted by atomic mass is 10.2. The van der Waals surface area contributed by atoms with Gasteiger partial charge in [-0.25, -0.2) is 12.8 Å². The minimum atomic E-state index is -3.90. The smallest absolute Gasteiger partial charge is 0.289 e. The van der Waals surface area contributed by atoms with Crippen LogP contribution >= 0.6 is 23.2 Å². The van der Waals surface area contributed by atoms with Crippen molar-refractivity contribution in [3.8, 4) is 11.3 Å². The van der Waals surface area contributed by atoms with Crippen LogP contribution in [-0.4, -0.2) is 49.7 Å². The van der Waals surface area contributed by atoms with Gasteiger partial charge in [0.2, 0.25) is 10.0 Å². The lowest BCUT2D eigenvalue weighted by molar-refractivity contribution is 0.0667. The molecule has 6 nitrogen and oxygen atoms in total. The number of rotatable bonds is 4. The van der Waals surface area contributed by atoms with Crippen molar-refractivity contribution in [3.63, 3.8) is 0 Å². The Morgan fingerprint density at radius 2 is 1.52 bits per heavy atom. The summed E-state index contributed by atoms with van der Waals surface area (Å²) in [6, 6.07) is 13.4. The van der Waals surface area contributed by atoms with Gasteiger partial charge < -0.3 is 9.32 Å². The van der Waals surface area contributed by atoms with Gasteiger partial charge in [0.1, 0.15) is 16.5 Å². The predicted octanol–water partition coefficient (Wildman–Crippen LogP) is 4.54. The molecular formula is C21H17Cl2FN2O4S. The molecule has 2 heterocycles. The largest absolute Gasteiger partial charge is 0.451 e. The first kappa shape index (κ1) is 21.8. The molecule has 0 bridgehead atoms. The highest BCUT2D eigenvalue weighted by atomic mass is 35.5. The molecule has 0 saturated carbocycles. The minimum absolute atomic E-state index is 0.0508. The van der Waals surface area contributed by atoms with Crippen LogP contribution in [0.3, 0.4) is 0 Å². The first-order valence-corrected chi connectivity index (χ1v) is 11.6. The molecule has 2 aromatic carbocycles. The highest BCUT2D eigenvalue weighted by Gasteiger charge is 2.33. The fourth-order valence-electron chi connectivity index (χ4n) is 3.37. The van der Waals surface area contributed by atoms with Crippen LogP contribution < -0.4 is 0 Å². The van der Waals surface area contributed by atoms with E-state index in [-0.39, 0.29) is 58.6 Å². The molecule has 0 spiro atoms. The lowest BCUT2D eigenvalue weighted by Crippen LogP contribution is -2.50. The molecule has 4 rings (SSSR count). The molecule has 0 aliphatic carbocycles. The molecule has 3 aromatic rings. The third-order valence-corrected chi connectivity index (χ3v) is 7.84. The minimum Gasteiger partial charge on any atom is -0.451 e. The van der Waals surface area contributed by atoms with Crippen LogP contribution in [-0.2, 0) is 10.0 Å². The van der Waals surface area contributed by atoms with Crippen LogP contribution in [0, 0.1) is 5.82 Å². The molecule has 1 amide bonds. The van der Waals surface area contributed by atoms with Crippen LogP contribution in [0.4, 0.5) is 4.39 Å². The molecule has 1 fully saturated rings. The molecule has 162 valence electrons. The second kappa shape index (κ2) is 8.63. The number of benzene rings is 2. The van der Waals surface area contributed by atoms with Gasteiger partial charge in [-0.1, -0.05) is 29.3 Å². The Balaban J connectivity index is 1.45. The molecule has 10 heteroatoms. The SMILES string of the molecule is O=C(c1ccc(-c2ccc(F)cc2)o1)N1CCN(S(=O)(=O)c2c(Cl)cccc2Cl)CC1. The normalized spacial score (nSPS) is 15.3. The summed E-state index contributed by atoms with van der Waals surface area (Å²) < 4.78 is 45.9. The van der Waals surface area contributed by atoms with Gasteiger partial charge in [0.25, 0.3) is 5.91 Å². The zero-order chi connectivity index (χ0) is 22.2. The standard InChI is InChI=1S/C21H17Cl2FN2O4S/c22-16-2-1-3-17(23)20(16)31(28,29)26-12-10-25(11-13-26)21(27)19-9-8-18(30-19)14-4-6-15(24)7-5-14/h1-9H,10-13H2. The van der Waals surface area contributed by atoms with Gasteiger partial charge in [0.15, 0.2) is 5.76 Å². The van der Waals surface area contributed by atoms with E-state index in [2.05, 4.69) is 0 Å². The number of hydrogen-bond acceptors (Lipinski definition) is 4. The number of piperazine rings is 1. The average Bonchev–Trinajstić information content (AvgIpc) is 3.24. The van der Waals surface area contributed by atoms with E-state index in [1.165, 1.54) is 33.5 Å². The Morgan fingerprint density at radius 1 is 0.903 bits per heavy atom. The van der Waals surface area contributed by atoms with Crippen molar-refractivity contribution in [2.45, 2.75) is 4.90 Å². The molecule has 1 aromatic heterocycles. The Bertz CT molecular complexity index is 1200. The van der Waals surface area contributed by atoms with Gasteiger partial charge in [0, 0.05) is 31.7 Å². The van der Waals surface area contributed by atoms with Crippen molar-refractivity contribution in [2.24, 2.45) is 0 Å². The molecular weight excluding hydrogens is 466 g/mol. The topological polar surface area (TPSA) is 70.8 Å². The average molecular weight is 483 g/mol. The molecule has 1 saturated heterocycles. The summed E-state index contributed by atoms with van der Waals surface area (Å²) in [7, 11) is -3.90. The molecule has 1 aliphatic rings. The van der Waals surface area contributed by atoms with Gasteiger partial charge in [-0.05, 0) is 48.5 Å². The van der Waals surface area contributed by atoms with Gasteiger partial charge in [-0.3, -0.25) is 4.79 Å². The van der Waals surface area contributed by atoms with Crippen LogP contribution in [0.1, 0.15) is 10.6 Å². The second-order valence-corrected chi connectivity index (χ2v) is 9.61. The number of nitrogens with zero attached hydrogens (tertiary/aromatic N) is 2. The molecule has 0 N–H and O–H groups in total. The maximum Gasteiger partial charge on any atom is 0.289 e. The fraction of sp³-hybridized carbons (Fsp3) is 0.190. The van der Waals surface area contributed by atoms with Crippen LogP contribution in [0.25, 0.3) is 11.3 Å². The van der Waals surface area contributed by atoms with Crippen LogP contribution in [0.15, 0.2) is 63.9 Å². The van der Waals surface area contributed by atoms with E-state index >= 15 is 0 Å². The van der Waals surface area contributed by atoms with E-state index < -0.39 is 10.0 Å². The molecule has 0 atom stereocenters. The summed E-state index contributed by atoms with van der Waals surface area (Å²) >= 11 is 12.1. The van der Waals surface area contributed by atoms with Crippen LogP contribution in [0.5, 0.6) is 0 Å². The quantitative estimate of drug-likeness (QED) is 0.547. The zero-order valence-corrected chi connectivity index (χ0v) is 18.4. The van der Waals surface area contributed by atoms with Crippen molar-refractivity contribution in [1.29, 1.82) is 0 Å². The summed E-state index contributed by atoms with van der Waals surface area (Å²) in [5.74, 6) is -0.138. The van der Waals surface area contributed by atoms with Gasteiger partial charge in [-0.2, -0.15) is 4.31 Å². The summed E-state index contributed by atoms with van der Waals surface area (Å²) in [5.41, 5.74) is 0.646. The molecule has 0 radical (unpaired) electrons. The van der Waals surface area contributed by atoms with E-state index in [4.69, 9.17) is 27.6 Å². The van der Waals surface area contributed by atoms with Crippen molar-refractivity contribution in [3.05, 3.63) is 76.2 Å². The maximum atomic E-state index is 13.1. The Kier molecular flexibility index (Phi) is 6.07.